The first-order valence-corrected chi connectivity index (χ1v) is 9.89. The smallest absolute Gasteiger partial charge is 0.335 e. The number of carbonyl (C=O) groups is 2. The third kappa shape index (κ3) is 3.56. The zero-order chi connectivity index (χ0) is 21.4. The van der Waals surface area contributed by atoms with E-state index in [0.717, 1.165) is 16.6 Å². The van der Waals surface area contributed by atoms with Crippen molar-refractivity contribution in [2.45, 2.75) is 0 Å². The number of ether oxygens (including phenoxy) is 1. The molecule has 3 aromatic rings. The summed E-state index contributed by atoms with van der Waals surface area (Å²) < 4.78 is 6.83. The predicted molar refractivity (Wildman–Crippen MR) is 114 cm³/mol. The number of nitrogens with zero attached hydrogens (tertiary/aromatic N) is 2. The third-order valence-corrected chi connectivity index (χ3v) is 5.78. The molecule has 0 saturated carbocycles. The maximum absolute atomic E-state index is 12.5. The number of aromatic carboxylic acids is 1. The van der Waals surface area contributed by atoms with Crippen molar-refractivity contribution in [2.24, 2.45) is 4.99 Å². The molecule has 7 nitrogen and oxygen atoms in total. The average molecular weight is 438 g/mol. The minimum atomic E-state index is -1.08. The van der Waals surface area contributed by atoms with E-state index in [0.29, 0.717) is 31.2 Å². The molecule has 4 rings (SSSR count). The average Bonchev–Trinajstić information content (AvgIpc) is 3.01. The monoisotopic (exact) mass is 438 g/mol. The van der Waals surface area contributed by atoms with Gasteiger partial charge in [0, 0.05) is 16.9 Å². The molecule has 9 heteroatoms. The van der Waals surface area contributed by atoms with Crippen LogP contribution in [0.3, 0.4) is 0 Å². The summed E-state index contributed by atoms with van der Waals surface area (Å²) in [6.07, 6.45) is 3.20. The van der Waals surface area contributed by atoms with Gasteiger partial charge in [-0.2, -0.15) is 0 Å². The normalized spacial score (nSPS) is 14.0. The van der Waals surface area contributed by atoms with Crippen LogP contribution in [0.25, 0.3) is 17.8 Å². The standard InChI is InChI=1S/C21H14N2O5S2/c1-28-15-6-5-11-7-13(18(24)22-16(11)10-15)9-17-19(25)23(21(29)30-17)14-4-2-3-12(8-14)20(26)27/h2-10,25H,1H3,(H,26,27). The van der Waals surface area contributed by atoms with E-state index in [9.17, 15) is 19.8 Å². The predicted octanol–water partition coefficient (Wildman–Crippen LogP) is 2.70. The molecule has 2 heterocycles. The largest absolute Gasteiger partial charge is 0.497 e. The van der Waals surface area contributed by atoms with Crippen LogP contribution >= 0.6 is 23.6 Å². The lowest BCUT2D eigenvalue weighted by atomic mass is 10.1. The second-order valence-corrected chi connectivity index (χ2v) is 8.01. The number of fused-ring (bicyclic) bond motifs is 1. The van der Waals surface area contributed by atoms with E-state index in [4.69, 9.17) is 17.0 Å². The van der Waals surface area contributed by atoms with Crippen molar-refractivity contribution in [1.82, 2.24) is 4.57 Å². The summed E-state index contributed by atoms with van der Waals surface area (Å²) >= 11 is 6.45. The Morgan fingerprint density at radius 1 is 1.27 bits per heavy atom. The molecule has 1 aliphatic heterocycles. The lowest BCUT2D eigenvalue weighted by molar-refractivity contribution is -0.114. The molecule has 0 spiro atoms. The summed E-state index contributed by atoms with van der Waals surface area (Å²) in [4.78, 5) is 28.2. The molecule has 0 radical (unpaired) electrons. The molecule has 150 valence electrons. The molecule has 1 aliphatic rings. The van der Waals surface area contributed by atoms with Crippen LogP contribution in [0, 0.1) is 3.95 Å². The number of hydrogen-bond acceptors (Lipinski definition) is 6. The Morgan fingerprint density at radius 2 is 2.07 bits per heavy atom. The molecule has 30 heavy (non-hydrogen) atoms. The van der Waals surface area contributed by atoms with Gasteiger partial charge in [0.25, 0.3) is 5.91 Å². The van der Waals surface area contributed by atoms with E-state index < -0.39 is 11.9 Å². The zero-order valence-electron chi connectivity index (χ0n) is 15.5. The molecule has 0 bridgehead atoms. The van der Waals surface area contributed by atoms with Crippen molar-refractivity contribution in [3.63, 3.8) is 0 Å². The van der Waals surface area contributed by atoms with E-state index in [1.54, 1.807) is 36.4 Å². The van der Waals surface area contributed by atoms with Crippen molar-refractivity contribution in [1.29, 1.82) is 0 Å². The first kappa shape index (κ1) is 19.7. The number of rotatable bonds is 4. The number of benzene rings is 2. The summed E-state index contributed by atoms with van der Waals surface area (Å²) in [5.41, 5.74) is 0.784. The van der Waals surface area contributed by atoms with Crippen molar-refractivity contribution in [3.05, 3.63) is 73.0 Å². The van der Waals surface area contributed by atoms with Gasteiger partial charge in [-0.25, -0.2) is 9.79 Å². The van der Waals surface area contributed by atoms with Gasteiger partial charge >= 0.3 is 5.97 Å². The lowest BCUT2D eigenvalue weighted by Crippen LogP contribution is -2.30. The number of methoxy groups -OCH3 is 1. The summed E-state index contributed by atoms with van der Waals surface area (Å²) in [6.45, 7) is 0. The maximum Gasteiger partial charge on any atom is 0.335 e. The number of thiazole rings is 1. The Balaban J connectivity index is 1.80. The van der Waals surface area contributed by atoms with E-state index in [1.165, 1.54) is 29.9 Å². The highest BCUT2D eigenvalue weighted by molar-refractivity contribution is 7.73. The number of amides is 1. The zero-order valence-corrected chi connectivity index (χ0v) is 17.2. The molecule has 0 saturated heterocycles. The second-order valence-electron chi connectivity index (χ2n) is 6.33. The number of hydrogen-bond donors (Lipinski definition) is 2. The van der Waals surface area contributed by atoms with Gasteiger partial charge in [-0.1, -0.05) is 6.07 Å². The van der Waals surface area contributed by atoms with Gasteiger partial charge in [0.2, 0.25) is 5.88 Å². The molecule has 2 N–H and O–H groups in total. The van der Waals surface area contributed by atoms with Crippen LogP contribution < -0.4 is 15.3 Å². The Labute approximate surface area is 179 Å². The van der Waals surface area contributed by atoms with Gasteiger partial charge in [-0.05, 0) is 54.7 Å². The highest BCUT2D eigenvalue weighted by atomic mass is 32.1. The molecule has 2 aromatic carbocycles. The number of carbonyl (C=O) groups excluding carboxylic acids is 1. The van der Waals surface area contributed by atoms with Crippen LogP contribution in [0.4, 0.5) is 0 Å². The molecule has 0 unspecified atom stereocenters. The summed E-state index contributed by atoms with van der Waals surface area (Å²) in [5.74, 6) is -1.11. The maximum atomic E-state index is 12.5. The molecule has 1 aromatic heterocycles. The Morgan fingerprint density at radius 3 is 2.80 bits per heavy atom. The van der Waals surface area contributed by atoms with Gasteiger partial charge in [0.15, 0.2) is 3.95 Å². The van der Waals surface area contributed by atoms with E-state index in [2.05, 4.69) is 4.99 Å². The second kappa shape index (κ2) is 7.69. The molecule has 1 amide bonds. The molecule has 0 aliphatic carbocycles. The highest BCUT2D eigenvalue weighted by Gasteiger charge is 2.17. The van der Waals surface area contributed by atoms with Crippen LogP contribution in [0.5, 0.6) is 11.6 Å². The SMILES string of the molecule is COc1ccc2c(c1)=NC(=O)C(=Cc1sc(=S)n(-c3cccc(C(=O)O)c3)c1O)C=2. The number of aromatic nitrogens is 1. The van der Waals surface area contributed by atoms with Crippen molar-refractivity contribution >= 4 is 47.6 Å². The van der Waals surface area contributed by atoms with E-state index >= 15 is 0 Å². The molecular formula is C21H14N2O5S2. The number of carboxylic acids is 1. The summed E-state index contributed by atoms with van der Waals surface area (Å²) in [6, 6.07) is 11.3. The third-order valence-electron chi connectivity index (χ3n) is 4.47. The molecular weight excluding hydrogens is 424 g/mol. The van der Waals surface area contributed by atoms with Crippen molar-refractivity contribution in [2.75, 3.05) is 7.11 Å². The minimum Gasteiger partial charge on any atom is -0.497 e. The fraction of sp³-hybridized carbons (Fsp3) is 0.0476. The Kier molecular flexibility index (Phi) is 5.06. The quantitative estimate of drug-likeness (QED) is 0.480. The van der Waals surface area contributed by atoms with Crippen LogP contribution in [0.1, 0.15) is 15.2 Å². The summed E-state index contributed by atoms with van der Waals surface area (Å²) in [5, 5.41) is 21.2. The highest BCUT2D eigenvalue weighted by Crippen LogP contribution is 2.32. The van der Waals surface area contributed by atoms with Crippen LogP contribution in [0.15, 0.2) is 53.0 Å². The first-order chi connectivity index (χ1) is 14.4. The van der Waals surface area contributed by atoms with Crippen molar-refractivity contribution < 1.29 is 24.5 Å². The van der Waals surface area contributed by atoms with Gasteiger partial charge in [-0.3, -0.25) is 9.36 Å². The fourth-order valence-corrected chi connectivity index (χ4v) is 4.30. The van der Waals surface area contributed by atoms with Crippen LogP contribution in [0.2, 0.25) is 0 Å². The van der Waals surface area contributed by atoms with Crippen LogP contribution in [-0.4, -0.2) is 33.8 Å². The molecule has 0 atom stereocenters. The molecule has 0 fully saturated rings. The van der Waals surface area contributed by atoms with Crippen molar-refractivity contribution in [3.8, 4) is 17.3 Å². The number of aromatic hydroxyl groups is 1. The lowest BCUT2D eigenvalue weighted by Gasteiger charge is -2.06. The fourth-order valence-electron chi connectivity index (χ4n) is 3.00. The van der Waals surface area contributed by atoms with Gasteiger partial charge in [0.05, 0.1) is 28.6 Å². The minimum absolute atomic E-state index is 0.0709. The van der Waals surface area contributed by atoms with E-state index in [-0.39, 0.29) is 11.4 Å². The topological polar surface area (TPSA) is 101 Å². The van der Waals surface area contributed by atoms with Gasteiger partial charge in [-0.15, -0.1) is 11.3 Å². The summed E-state index contributed by atoms with van der Waals surface area (Å²) in [7, 11) is 1.54. The van der Waals surface area contributed by atoms with E-state index in [1.807, 2.05) is 0 Å². The number of carboxylic acid groups (broad SMARTS) is 1. The Bertz CT molecular complexity index is 1420. The van der Waals surface area contributed by atoms with Crippen LogP contribution in [-0.2, 0) is 4.79 Å². The first-order valence-electron chi connectivity index (χ1n) is 8.66. The van der Waals surface area contributed by atoms with Gasteiger partial charge in [0.1, 0.15) is 5.75 Å². The Hall–Kier alpha value is -3.56. The van der Waals surface area contributed by atoms with Gasteiger partial charge < -0.3 is 14.9 Å².